The molecule has 0 aromatic heterocycles. The maximum atomic E-state index is 12.3. The molecule has 0 bridgehead atoms. The van der Waals surface area contributed by atoms with Crippen molar-refractivity contribution in [2.45, 2.75) is 31.5 Å². The topological polar surface area (TPSA) is 129 Å². The number of hydrogen-bond acceptors (Lipinski definition) is 6. The van der Waals surface area contributed by atoms with E-state index in [1.165, 1.54) is 11.0 Å². The number of carbonyl (C=O) groups excluding carboxylic acids is 2. The van der Waals surface area contributed by atoms with Gasteiger partial charge in [-0.3, -0.25) is 14.8 Å². The number of rotatable bonds is 8. The van der Waals surface area contributed by atoms with Gasteiger partial charge in [0.15, 0.2) is 0 Å². The van der Waals surface area contributed by atoms with E-state index in [0.717, 1.165) is 43.6 Å². The summed E-state index contributed by atoms with van der Waals surface area (Å²) in [5, 5.41) is 18.2. The van der Waals surface area contributed by atoms with Gasteiger partial charge < -0.3 is 21.7 Å². The zero-order chi connectivity index (χ0) is 21.3. The lowest BCUT2D eigenvalue weighted by atomic mass is 10.0. The van der Waals surface area contributed by atoms with Crippen molar-refractivity contribution in [3.8, 4) is 11.1 Å². The lowest BCUT2D eigenvalue weighted by Crippen LogP contribution is -2.50. The summed E-state index contributed by atoms with van der Waals surface area (Å²) in [6.45, 7) is 2.89. The Morgan fingerprint density at radius 2 is 1.63 bits per heavy atom. The average Bonchev–Trinajstić information content (AvgIpc) is 2.81. The average molecular weight is 412 g/mol. The van der Waals surface area contributed by atoms with Crippen molar-refractivity contribution in [1.82, 2.24) is 21.4 Å². The second-order valence-corrected chi connectivity index (χ2v) is 7.42. The van der Waals surface area contributed by atoms with Gasteiger partial charge in [0.25, 0.3) is 11.8 Å². The molecule has 2 aromatic rings. The summed E-state index contributed by atoms with van der Waals surface area (Å²) in [6.07, 6.45) is 2.32. The van der Waals surface area contributed by atoms with E-state index in [-0.39, 0.29) is 6.54 Å². The highest BCUT2D eigenvalue weighted by atomic mass is 16.5. The monoisotopic (exact) mass is 411 g/mol. The molecule has 7 N–H and O–H groups in total. The van der Waals surface area contributed by atoms with Crippen molar-refractivity contribution in [3.05, 3.63) is 59.7 Å². The summed E-state index contributed by atoms with van der Waals surface area (Å²) in [6, 6.07) is 15.1. The third-order valence-electron chi connectivity index (χ3n) is 5.34. The first-order chi connectivity index (χ1) is 14.6. The molecule has 0 saturated carbocycles. The van der Waals surface area contributed by atoms with Crippen LogP contribution in [0.4, 0.5) is 0 Å². The van der Waals surface area contributed by atoms with Crippen LogP contribution >= 0.6 is 0 Å². The van der Waals surface area contributed by atoms with Crippen LogP contribution in [0.2, 0.25) is 0 Å². The Bertz CT molecular complexity index is 833. The first-order valence-electron chi connectivity index (χ1n) is 10.2. The highest BCUT2D eigenvalue weighted by molar-refractivity contribution is 5.97. The van der Waals surface area contributed by atoms with E-state index in [1.807, 2.05) is 12.1 Å². The van der Waals surface area contributed by atoms with E-state index in [0.29, 0.717) is 11.6 Å². The molecular formula is C22H29N5O3. The maximum Gasteiger partial charge on any atom is 0.267 e. The van der Waals surface area contributed by atoms with Gasteiger partial charge in [-0.1, -0.05) is 36.4 Å². The predicted octanol–water partition coefficient (Wildman–Crippen LogP) is 0.758. The van der Waals surface area contributed by atoms with Crippen molar-refractivity contribution in [3.63, 3.8) is 0 Å². The smallest absolute Gasteiger partial charge is 0.267 e. The normalized spacial score (nSPS) is 15.4. The second kappa shape index (κ2) is 10.8. The van der Waals surface area contributed by atoms with E-state index in [1.54, 1.807) is 12.1 Å². The predicted molar refractivity (Wildman–Crippen MR) is 115 cm³/mol. The molecule has 8 nitrogen and oxygen atoms in total. The molecule has 1 aliphatic heterocycles. The van der Waals surface area contributed by atoms with Gasteiger partial charge in [0.05, 0.1) is 0 Å². The van der Waals surface area contributed by atoms with Crippen molar-refractivity contribution >= 4 is 11.8 Å². The summed E-state index contributed by atoms with van der Waals surface area (Å²) in [5.41, 5.74) is 10.7. The number of hydroxylamine groups is 1. The maximum absolute atomic E-state index is 12.3. The molecule has 30 heavy (non-hydrogen) atoms. The summed E-state index contributed by atoms with van der Waals surface area (Å²) in [4.78, 5) is 23.7. The van der Waals surface area contributed by atoms with Crippen molar-refractivity contribution in [1.29, 1.82) is 0 Å². The van der Waals surface area contributed by atoms with E-state index in [9.17, 15) is 9.59 Å². The molecule has 1 fully saturated rings. The van der Waals surface area contributed by atoms with Crippen molar-refractivity contribution in [2.75, 3.05) is 19.6 Å². The molecule has 2 aromatic carbocycles. The number of benzene rings is 2. The van der Waals surface area contributed by atoms with Gasteiger partial charge >= 0.3 is 0 Å². The Kier molecular flexibility index (Phi) is 7.92. The van der Waals surface area contributed by atoms with Crippen LogP contribution in [0.3, 0.4) is 0 Å². The molecule has 3 rings (SSSR count). The first-order valence-corrected chi connectivity index (χ1v) is 10.2. The van der Waals surface area contributed by atoms with Gasteiger partial charge in [0.2, 0.25) is 0 Å². The lowest BCUT2D eigenvalue weighted by Gasteiger charge is -2.23. The minimum absolute atomic E-state index is 0.116. The zero-order valence-electron chi connectivity index (χ0n) is 16.9. The number of hydrogen-bond donors (Lipinski definition) is 6. The minimum atomic E-state index is -0.992. The molecular weight excluding hydrogens is 382 g/mol. The van der Waals surface area contributed by atoms with Crippen LogP contribution in [0, 0.1) is 0 Å². The van der Waals surface area contributed by atoms with Crippen LogP contribution < -0.4 is 27.2 Å². The number of nitrogens with one attached hydrogen (secondary N) is 4. The zero-order valence-corrected chi connectivity index (χ0v) is 16.9. The van der Waals surface area contributed by atoms with Gasteiger partial charge in [-0.25, -0.2) is 5.48 Å². The second-order valence-electron chi connectivity index (χ2n) is 7.42. The third kappa shape index (κ3) is 5.87. The Balaban J connectivity index is 1.57. The molecule has 1 saturated heterocycles. The van der Waals surface area contributed by atoms with Gasteiger partial charge in [-0.05, 0) is 54.8 Å². The SMILES string of the molecule is NC[C@H](NC(=O)c1ccc(-c2ccc(CNC3CCNCC3)cc2)cc1)C(=O)NO. The molecule has 1 heterocycles. The lowest BCUT2D eigenvalue weighted by molar-refractivity contribution is -0.130. The van der Waals surface area contributed by atoms with Crippen LogP contribution in [0.1, 0.15) is 28.8 Å². The van der Waals surface area contributed by atoms with Crippen LogP contribution in [-0.2, 0) is 11.3 Å². The molecule has 2 amide bonds. The summed E-state index contributed by atoms with van der Waals surface area (Å²) >= 11 is 0. The van der Waals surface area contributed by atoms with Gasteiger partial charge in [0.1, 0.15) is 6.04 Å². The molecule has 0 unspecified atom stereocenters. The van der Waals surface area contributed by atoms with Crippen LogP contribution in [0.5, 0.6) is 0 Å². The minimum Gasteiger partial charge on any atom is -0.339 e. The first kappa shape index (κ1) is 21.9. The highest BCUT2D eigenvalue weighted by Crippen LogP contribution is 2.20. The van der Waals surface area contributed by atoms with Crippen LogP contribution in [0.15, 0.2) is 48.5 Å². The van der Waals surface area contributed by atoms with Gasteiger partial charge in [-0.15, -0.1) is 0 Å². The quantitative estimate of drug-likeness (QED) is 0.281. The van der Waals surface area contributed by atoms with E-state index >= 15 is 0 Å². The number of piperidine rings is 1. The Morgan fingerprint density at radius 1 is 1.03 bits per heavy atom. The molecule has 0 radical (unpaired) electrons. The fourth-order valence-electron chi connectivity index (χ4n) is 3.47. The third-order valence-corrected chi connectivity index (χ3v) is 5.34. The molecule has 0 aliphatic carbocycles. The summed E-state index contributed by atoms with van der Waals surface area (Å²) < 4.78 is 0. The molecule has 8 heteroatoms. The van der Waals surface area contributed by atoms with Gasteiger partial charge in [-0.2, -0.15) is 0 Å². The molecule has 0 spiro atoms. The van der Waals surface area contributed by atoms with Crippen LogP contribution in [-0.4, -0.2) is 48.7 Å². The van der Waals surface area contributed by atoms with E-state index < -0.39 is 17.9 Å². The Morgan fingerprint density at radius 3 is 2.20 bits per heavy atom. The number of amides is 2. The Hall–Kier alpha value is -2.78. The molecule has 1 aliphatic rings. The molecule has 1 atom stereocenters. The van der Waals surface area contributed by atoms with Crippen molar-refractivity contribution in [2.24, 2.45) is 5.73 Å². The number of carbonyl (C=O) groups is 2. The van der Waals surface area contributed by atoms with E-state index in [2.05, 4.69) is 40.2 Å². The largest absolute Gasteiger partial charge is 0.339 e. The van der Waals surface area contributed by atoms with Gasteiger partial charge in [0, 0.05) is 24.7 Å². The Labute approximate surface area is 176 Å². The fraction of sp³-hybridized carbons (Fsp3) is 0.364. The summed E-state index contributed by atoms with van der Waals surface area (Å²) in [5.74, 6) is -1.18. The van der Waals surface area contributed by atoms with E-state index in [4.69, 9.17) is 10.9 Å². The van der Waals surface area contributed by atoms with Crippen molar-refractivity contribution < 1.29 is 14.8 Å². The fourth-order valence-corrected chi connectivity index (χ4v) is 3.47. The highest BCUT2D eigenvalue weighted by Gasteiger charge is 2.19. The summed E-state index contributed by atoms with van der Waals surface area (Å²) in [7, 11) is 0. The standard InChI is InChI=1S/C22H29N5O3/c23-13-20(22(29)27-30)26-21(28)18-7-5-17(6-8-18)16-3-1-15(2-4-16)14-25-19-9-11-24-12-10-19/h1-8,19-20,24-25,30H,9-14,23H2,(H,26,28)(H,27,29)/t20-/m0/s1. The number of nitrogens with two attached hydrogens (primary N) is 1. The van der Waals surface area contributed by atoms with Crippen LogP contribution in [0.25, 0.3) is 11.1 Å². The molecule has 160 valence electrons.